The van der Waals surface area contributed by atoms with E-state index in [-0.39, 0.29) is 61.5 Å². The summed E-state index contributed by atoms with van der Waals surface area (Å²) in [7, 11) is -4.14. The number of benzene rings is 2. The number of ether oxygens (including phenoxy) is 1. The molecule has 1 unspecified atom stereocenters. The molecule has 6 nitrogen and oxygen atoms in total. The van der Waals surface area contributed by atoms with Gasteiger partial charge in [0, 0.05) is 24.3 Å². The van der Waals surface area contributed by atoms with Crippen LogP contribution < -0.4 is 5.73 Å². The average Bonchev–Trinajstić information content (AvgIpc) is 2.61. The summed E-state index contributed by atoms with van der Waals surface area (Å²) in [6.45, 7) is 0.285. The molecule has 0 saturated heterocycles. The van der Waals surface area contributed by atoms with Crippen LogP contribution in [0.25, 0.3) is 0 Å². The van der Waals surface area contributed by atoms with Crippen LogP contribution in [0.4, 0.5) is 0 Å². The Morgan fingerprint density at radius 1 is 1.04 bits per heavy atom. The second kappa shape index (κ2) is 10.9. The zero-order chi connectivity index (χ0) is 18.3. The minimum atomic E-state index is -4.14. The summed E-state index contributed by atoms with van der Waals surface area (Å²) < 4.78 is 36.5. The molecule has 0 spiro atoms. The molecular formula is C18H22NNaO5S. The van der Waals surface area contributed by atoms with Crippen LogP contribution in [0.15, 0.2) is 54.6 Å². The molecule has 0 saturated carbocycles. The third kappa shape index (κ3) is 6.92. The first-order valence-electron chi connectivity index (χ1n) is 7.84. The molecule has 1 atom stereocenters. The quantitative estimate of drug-likeness (QED) is 0.291. The van der Waals surface area contributed by atoms with E-state index in [1.54, 1.807) is 36.4 Å². The predicted molar refractivity (Wildman–Crippen MR) is 102 cm³/mol. The van der Waals surface area contributed by atoms with E-state index in [4.69, 9.17) is 15.0 Å². The van der Waals surface area contributed by atoms with Crippen molar-refractivity contribution in [2.45, 2.75) is 18.3 Å². The van der Waals surface area contributed by atoms with Crippen LogP contribution in [0.2, 0.25) is 0 Å². The summed E-state index contributed by atoms with van der Waals surface area (Å²) in [5.74, 6) is -0.0491. The molecule has 0 aliphatic heterocycles. The third-order valence-corrected chi connectivity index (χ3v) is 5.06. The molecule has 2 aromatic carbocycles. The van der Waals surface area contributed by atoms with Crippen LogP contribution in [0.1, 0.15) is 27.9 Å². The summed E-state index contributed by atoms with van der Waals surface area (Å²) in [6.07, 6.45) is 0.125. The molecule has 0 heterocycles. The number of rotatable bonds is 9. The van der Waals surface area contributed by atoms with Crippen molar-refractivity contribution < 1.29 is 22.5 Å². The molecule has 2 rings (SSSR count). The number of hydrogen-bond donors (Lipinski definition) is 2. The van der Waals surface area contributed by atoms with E-state index in [1.807, 2.05) is 18.2 Å². The molecular weight excluding hydrogens is 365 g/mol. The van der Waals surface area contributed by atoms with Gasteiger partial charge in [-0.25, -0.2) is 0 Å². The van der Waals surface area contributed by atoms with Gasteiger partial charge in [0.05, 0.1) is 6.61 Å². The molecule has 0 aromatic heterocycles. The van der Waals surface area contributed by atoms with Crippen LogP contribution >= 0.6 is 0 Å². The summed E-state index contributed by atoms with van der Waals surface area (Å²) >= 11 is 0. The minimum absolute atomic E-state index is 0. The van der Waals surface area contributed by atoms with Gasteiger partial charge in [0.2, 0.25) is 0 Å². The fraction of sp³-hybridized carbons (Fsp3) is 0.278. The molecule has 0 aliphatic carbocycles. The molecule has 8 heteroatoms. The standard InChI is InChI=1S/C18H21NO5S.Na.H/c19-12-17(25(21,22)23)10-11-24-13-14-6-8-16(9-7-14)18(20)15-4-2-1-3-5-15;;/h1-9,17H,10-13,19H2,(H,21,22,23);;. The van der Waals surface area contributed by atoms with Gasteiger partial charge in [-0.3, -0.25) is 9.35 Å². The fourth-order valence-corrected chi connectivity index (χ4v) is 2.94. The van der Waals surface area contributed by atoms with Gasteiger partial charge >= 0.3 is 29.6 Å². The van der Waals surface area contributed by atoms with Crippen LogP contribution in [0.5, 0.6) is 0 Å². The molecule has 0 bridgehead atoms. The van der Waals surface area contributed by atoms with E-state index < -0.39 is 15.4 Å². The van der Waals surface area contributed by atoms with Gasteiger partial charge in [-0.05, 0) is 12.0 Å². The van der Waals surface area contributed by atoms with Crippen LogP contribution in [-0.2, 0) is 21.5 Å². The Hall–Kier alpha value is -1.06. The molecule has 2 aromatic rings. The van der Waals surface area contributed by atoms with E-state index in [0.29, 0.717) is 11.1 Å². The first kappa shape index (κ1) is 23.0. The zero-order valence-electron chi connectivity index (χ0n) is 13.7. The molecule has 26 heavy (non-hydrogen) atoms. The summed E-state index contributed by atoms with van der Waals surface area (Å²) in [4.78, 5) is 12.3. The fourth-order valence-electron chi connectivity index (χ4n) is 2.30. The number of carbonyl (C=O) groups excluding carboxylic acids is 1. The van der Waals surface area contributed by atoms with E-state index in [9.17, 15) is 13.2 Å². The Bertz CT molecular complexity index is 794. The number of carbonyl (C=O) groups is 1. The Kier molecular flexibility index (Phi) is 9.67. The summed E-state index contributed by atoms with van der Waals surface area (Å²) in [5.41, 5.74) is 7.40. The van der Waals surface area contributed by atoms with Gasteiger partial charge < -0.3 is 10.5 Å². The first-order chi connectivity index (χ1) is 11.9. The number of nitrogens with two attached hydrogens (primary N) is 1. The zero-order valence-corrected chi connectivity index (χ0v) is 14.5. The van der Waals surface area contributed by atoms with Crippen molar-refractivity contribution in [2.24, 2.45) is 5.73 Å². The van der Waals surface area contributed by atoms with Gasteiger partial charge in [-0.15, -0.1) is 0 Å². The van der Waals surface area contributed by atoms with Crippen LogP contribution in [0.3, 0.4) is 0 Å². The molecule has 0 fully saturated rings. The van der Waals surface area contributed by atoms with Crippen molar-refractivity contribution in [3.8, 4) is 0 Å². The SMILES string of the molecule is NCC(CCOCc1ccc(C(=O)c2ccccc2)cc1)S(=O)(=O)O.[NaH]. The van der Waals surface area contributed by atoms with Crippen molar-refractivity contribution in [2.75, 3.05) is 13.2 Å². The Morgan fingerprint density at radius 2 is 1.62 bits per heavy atom. The van der Waals surface area contributed by atoms with Crippen LogP contribution in [-0.4, -0.2) is 66.7 Å². The normalized spacial score (nSPS) is 12.2. The third-order valence-electron chi connectivity index (χ3n) is 3.79. The number of ketones is 1. The first-order valence-corrected chi connectivity index (χ1v) is 9.35. The summed E-state index contributed by atoms with van der Waals surface area (Å²) in [6, 6.07) is 16.1. The van der Waals surface area contributed by atoms with Crippen molar-refractivity contribution in [3.05, 3.63) is 71.3 Å². The van der Waals surface area contributed by atoms with E-state index in [2.05, 4.69) is 0 Å². The molecule has 136 valence electrons. The van der Waals surface area contributed by atoms with E-state index in [1.165, 1.54) is 0 Å². The number of hydrogen-bond acceptors (Lipinski definition) is 5. The average molecular weight is 387 g/mol. The van der Waals surface area contributed by atoms with Crippen molar-refractivity contribution in [1.82, 2.24) is 0 Å². The Balaban J connectivity index is 0.00000338. The Labute approximate surface area is 175 Å². The van der Waals surface area contributed by atoms with Gasteiger partial charge in [0.1, 0.15) is 5.25 Å². The molecule has 0 amide bonds. The van der Waals surface area contributed by atoms with Gasteiger partial charge in [0.15, 0.2) is 5.78 Å². The molecule has 0 radical (unpaired) electrons. The van der Waals surface area contributed by atoms with Crippen molar-refractivity contribution in [3.63, 3.8) is 0 Å². The van der Waals surface area contributed by atoms with Gasteiger partial charge in [-0.1, -0.05) is 54.6 Å². The van der Waals surface area contributed by atoms with Crippen LogP contribution in [0, 0.1) is 0 Å². The second-order valence-corrected chi connectivity index (χ2v) is 7.30. The summed E-state index contributed by atoms with van der Waals surface area (Å²) in [5, 5.41) is -1.02. The molecule has 3 N–H and O–H groups in total. The van der Waals surface area contributed by atoms with Crippen molar-refractivity contribution >= 4 is 45.5 Å². The monoisotopic (exact) mass is 387 g/mol. The van der Waals surface area contributed by atoms with E-state index in [0.717, 1.165) is 5.56 Å². The van der Waals surface area contributed by atoms with E-state index >= 15 is 0 Å². The van der Waals surface area contributed by atoms with Crippen molar-refractivity contribution in [1.29, 1.82) is 0 Å². The van der Waals surface area contributed by atoms with Gasteiger partial charge in [-0.2, -0.15) is 8.42 Å². The maximum absolute atomic E-state index is 12.3. The maximum atomic E-state index is 12.3. The van der Waals surface area contributed by atoms with Gasteiger partial charge in [0.25, 0.3) is 10.1 Å². The molecule has 0 aliphatic rings. The second-order valence-electron chi connectivity index (χ2n) is 5.61. The predicted octanol–water partition coefficient (Wildman–Crippen LogP) is 1.39. The Morgan fingerprint density at radius 3 is 2.15 bits per heavy atom. The topological polar surface area (TPSA) is 107 Å².